The number of ether oxygens (including phenoxy) is 4. The first-order valence-corrected chi connectivity index (χ1v) is 4.09. The summed E-state index contributed by atoms with van der Waals surface area (Å²) in [6, 6.07) is 0. The smallest absolute Gasteiger partial charge is 0.524 e. The molecule has 2 rings (SSSR count). The van der Waals surface area contributed by atoms with Crippen molar-refractivity contribution in [3.8, 4) is 0 Å². The molecule has 0 aromatic carbocycles. The van der Waals surface area contributed by atoms with Crippen LogP contribution in [0.1, 0.15) is 6.92 Å². The molecule has 0 aromatic rings. The number of rotatable bonds is 0. The van der Waals surface area contributed by atoms with Gasteiger partial charge in [0.1, 0.15) is 0 Å². The van der Waals surface area contributed by atoms with Crippen LogP contribution in [0.25, 0.3) is 0 Å². The maximum Gasteiger partial charge on any atom is 3.00 e. The maximum atomic E-state index is 5.38. The Balaban J connectivity index is 0.000000845. The Morgan fingerprint density at radius 1 is 1.08 bits per heavy atom. The average Bonchev–Trinajstić information content (AvgIpc) is 2.13. The van der Waals surface area contributed by atoms with Crippen molar-refractivity contribution in [1.29, 1.82) is 0 Å². The number of hydrogen-bond donors (Lipinski definition) is 0. The zero-order chi connectivity index (χ0) is 8.44. The van der Waals surface area contributed by atoms with Gasteiger partial charge < -0.3 is 18.9 Å². The van der Waals surface area contributed by atoms with Gasteiger partial charge in [0, 0.05) is 13.2 Å². The topological polar surface area (TPSA) is 36.9 Å². The summed E-state index contributed by atoms with van der Waals surface area (Å²) in [4.78, 5) is 0. The van der Waals surface area contributed by atoms with Gasteiger partial charge in [-0.1, -0.05) is 6.79 Å². The zero-order valence-corrected chi connectivity index (χ0v) is 10.5. The SMILES string of the molecule is CC1OCC2(CO[CH-]OC2)CO1.[Y+3]. The van der Waals surface area contributed by atoms with E-state index in [1.165, 1.54) is 6.79 Å². The predicted octanol–water partition coefficient (Wildman–Crippen LogP) is 0.529. The largest absolute Gasteiger partial charge is 3.00 e. The standard InChI is InChI=1S/C8H13O4.Y/c1-7-11-4-8(5-12-7)2-9-6-10-3-8;/h6-7H,2-5H2,1H3;/q-1;+3. The Labute approximate surface area is 103 Å². The van der Waals surface area contributed by atoms with Gasteiger partial charge in [0.25, 0.3) is 0 Å². The van der Waals surface area contributed by atoms with Crippen LogP contribution in [0.5, 0.6) is 0 Å². The van der Waals surface area contributed by atoms with Crippen molar-refractivity contribution >= 4 is 0 Å². The average molecular weight is 262 g/mol. The van der Waals surface area contributed by atoms with Gasteiger partial charge in [0.15, 0.2) is 6.29 Å². The summed E-state index contributed by atoms with van der Waals surface area (Å²) in [6.45, 7) is 5.83. The Hall–Kier alpha value is 0.944. The minimum Gasteiger partial charge on any atom is -0.524 e. The van der Waals surface area contributed by atoms with E-state index < -0.39 is 0 Å². The van der Waals surface area contributed by atoms with Crippen molar-refractivity contribution in [2.24, 2.45) is 5.41 Å². The third-order valence-electron chi connectivity index (χ3n) is 2.16. The van der Waals surface area contributed by atoms with E-state index in [4.69, 9.17) is 18.9 Å². The Bertz CT molecular complexity index is 148. The Morgan fingerprint density at radius 3 is 2.15 bits per heavy atom. The predicted molar refractivity (Wildman–Crippen MR) is 40.0 cm³/mol. The molecule has 0 saturated carbocycles. The molecule has 2 aliphatic rings. The van der Waals surface area contributed by atoms with Gasteiger partial charge in [0.05, 0.1) is 18.6 Å². The van der Waals surface area contributed by atoms with Crippen molar-refractivity contribution in [1.82, 2.24) is 0 Å². The summed E-state index contributed by atoms with van der Waals surface area (Å²) in [6.07, 6.45) is -0.0958. The van der Waals surface area contributed by atoms with E-state index in [2.05, 4.69) is 0 Å². The van der Waals surface area contributed by atoms with Crippen LogP contribution in [0.4, 0.5) is 0 Å². The van der Waals surface area contributed by atoms with Crippen LogP contribution in [0.2, 0.25) is 0 Å². The summed E-state index contributed by atoms with van der Waals surface area (Å²) in [5, 5.41) is 0. The minimum atomic E-state index is -0.0958. The molecule has 0 atom stereocenters. The Kier molecular flexibility index (Phi) is 4.76. The van der Waals surface area contributed by atoms with Crippen LogP contribution < -0.4 is 0 Å². The van der Waals surface area contributed by atoms with E-state index in [0.29, 0.717) is 26.4 Å². The molecule has 2 fully saturated rings. The molecule has 2 aliphatic heterocycles. The summed E-state index contributed by atoms with van der Waals surface area (Å²) < 4.78 is 20.9. The fourth-order valence-corrected chi connectivity index (χ4v) is 1.36. The molecular formula is C8H13O4Y+2. The van der Waals surface area contributed by atoms with Crippen molar-refractivity contribution in [2.45, 2.75) is 13.2 Å². The molecule has 0 bridgehead atoms. The molecule has 4 nitrogen and oxygen atoms in total. The monoisotopic (exact) mass is 262 g/mol. The van der Waals surface area contributed by atoms with Gasteiger partial charge >= 0.3 is 32.7 Å². The molecule has 0 radical (unpaired) electrons. The van der Waals surface area contributed by atoms with Crippen LogP contribution in [0.15, 0.2) is 0 Å². The van der Waals surface area contributed by atoms with Crippen LogP contribution in [0, 0.1) is 12.2 Å². The van der Waals surface area contributed by atoms with Crippen LogP contribution in [-0.4, -0.2) is 32.7 Å². The second-order valence-corrected chi connectivity index (χ2v) is 3.41. The molecule has 70 valence electrons. The molecule has 5 heteroatoms. The molecule has 0 aliphatic carbocycles. The molecule has 0 N–H and O–H groups in total. The van der Waals surface area contributed by atoms with Crippen molar-refractivity contribution in [3.63, 3.8) is 0 Å². The summed E-state index contributed by atoms with van der Waals surface area (Å²) in [7, 11) is 0. The third-order valence-corrected chi connectivity index (χ3v) is 2.16. The zero-order valence-electron chi connectivity index (χ0n) is 7.69. The first kappa shape index (κ1) is 12.0. The van der Waals surface area contributed by atoms with Crippen LogP contribution in [-0.2, 0) is 51.7 Å². The van der Waals surface area contributed by atoms with Crippen molar-refractivity contribution in [2.75, 3.05) is 26.4 Å². The maximum absolute atomic E-state index is 5.38. The molecule has 0 amide bonds. The van der Waals surface area contributed by atoms with Gasteiger partial charge in [-0.05, 0) is 6.92 Å². The molecule has 0 unspecified atom stereocenters. The molecule has 2 saturated heterocycles. The van der Waals surface area contributed by atoms with Crippen molar-refractivity contribution < 1.29 is 51.7 Å². The molecule has 13 heavy (non-hydrogen) atoms. The molecule has 2 heterocycles. The minimum absolute atomic E-state index is 0. The quantitative estimate of drug-likeness (QED) is 0.597. The van der Waals surface area contributed by atoms with E-state index in [0.717, 1.165) is 0 Å². The van der Waals surface area contributed by atoms with Gasteiger partial charge in [-0.25, -0.2) is 0 Å². The van der Waals surface area contributed by atoms with E-state index >= 15 is 0 Å². The molecule has 0 aromatic heterocycles. The van der Waals surface area contributed by atoms with Gasteiger partial charge in [-0.3, -0.25) is 0 Å². The van der Waals surface area contributed by atoms with E-state index in [9.17, 15) is 0 Å². The van der Waals surface area contributed by atoms with E-state index in [1.807, 2.05) is 6.92 Å². The van der Waals surface area contributed by atoms with Gasteiger partial charge in [0.2, 0.25) is 0 Å². The van der Waals surface area contributed by atoms with Crippen molar-refractivity contribution in [3.05, 3.63) is 6.79 Å². The second kappa shape index (κ2) is 5.15. The summed E-state index contributed by atoms with van der Waals surface area (Å²) in [5.74, 6) is 0. The van der Waals surface area contributed by atoms with E-state index in [1.54, 1.807) is 0 Å². The second-order valence-electron chi connectivity index (χ2n) is 3.41. The van der Waals surface area contributed by atoms with Crippen LogP contribution in [0.3, 0.4) is 0 Å². The normalized spacial score (nSPS) is 28.4. The molecule has 1 spiro atoms. The summed E-state index contributed by atoms with van der Waals surface area (Å²) >= 11 is 0. The third kappa shape index (κ3) is 2.94. The van der Waals surface area contributed by atoms with Crippen LogP contribution >= 0.6 is 0 Å². The van der Waals surface area contributed by atoms with E-state index in [-0.39, 0.29) is 44.4 Å². The summed E-state index contributed by atoms with van der Waals surface area (Å²) in [5.41, 5.74) is -0.0821. The molecular weight excluding hydrogens is 249 g/mol. The fraction of sp³-hybridized carbons (Fsp3) is 0.875. The Morgan fingerprint density at radius 2 is 1.62 bits per heavy atom. The number of hydrogen-bond acceptors (Lipinski definition) is 4. The van der Waals surface area contributed by atoms with Gasteiger partial charge in [-0.2, -0.15) is 0 Å². The fourth-order valence-electron chi connectivity index (χ4n) is 1.36. The first-order valence-electron chi connectivity index (χ1n) is 4.09. The van der Waals surface area contributed by atoms with Gasteiger partial charge in [-0.15, -0.1) is 0 Å². The first-order chi connectivity index (χ1) is 5.81.